The lowest BCUT2D eigenvalue weighted by Crippen LogP contribution is -2.41. The van der Waals surface area contributed by atoms with Gasteiger partial charge in [0.2, 0.25) is 5.91 Å². The molecule has 0 aliphatic heterocycles. The van der Waals surface area contributed by atoms with Crippen molar-refractivity contribution in [3.8, 4) is 6.07 Å². The Morgan fingerprint density at radius 1 is 1.60 bits per heavy atom. The molecule has 1 aliphatic rings. The lowest BCUT2D eigenvalue weighted by Gasteiger charge is -2.22. The first-order valence-electron chi connectivity index (χ1n) is 5.55. The van der Waals surface area contributed by atoms with E-state index in [9.17, 15) is 4.79 Å². The Morgan fingerprint density at radius 3 is 2.73 bits per heavy atom. The molecule has 0 bridgehead atoms. The van der Waals surface area contributed by atoms with Gasteiger partial charge in [-0.2, -0.15) is 5.26 Å². The lowest BCUT2D eigenvalue weighted by molar-refractivity contribution is -0.130. The van der Waals surface area contributed by atoms with E-state index < -0.39 is 0 Å². The molecule has 1 aliphatic carbocycles. The second-order valence-electron chi connectivity index (χ2n) is 4.26. The van der Waals surface area contributed by atoms with Crippen molar-refractivity contribution in [2.45, 2.75) is 45.2 Å². The van der Waals surface area contributed by atoms with Gasteiger partial charge >= 0.3 is 0 Å². The van der Waals surface area contributed by atoms with Gasteiger partial charge in [-0.15, -0.1) is 0 Å². The van der Waals surface area contributed by atoms with Crippen molar-refractivity contribution in [2.75, 3.05) is 13.1 Å². The summed E-state index contributed by atoms with van der Waals surface area (Å²) in [5, 5.41) is 11.6. The number of carbonyl (C=O) groups is 1. The molecule has 0 heterocycles. The number of amides is 1. The maximum atomic E-state index is 11.8. The molecule has 0 aromatic rings. The highest BCUT2D eigenvalue weighted by Gasteiger charge is 2.31. The number of hydrogen-bond donors (Lipinski definition) is 1. The first-order valence-corrected chi connectivity index (χ1v) is 5.55. The van der Waals surface area contributed by atoms with Crippen LogP contribution in [-0.4, -0.2) is 36.0 Å². The lowest BCUT2D eigenvalue weighted by atomic mass is 10.3. The molecule has 15 heavy (non-hydrogen) atoms. The number of nitrogens with one attached hydrogen (secondary N) is 1. The van der Waals surface area contributed by atoms with Gasteiger partial charge in [0.25, 0.3) is 0 Å². The first kappa shape index (κ1) is 12.0. The van der Waals surface area contributed by atoms with Gasteiger partial charge in [-0.25, -0.2) is 0 Å². The van der Waals surface area contributed by atoms with Gasteiger partial charge in [-0.05, 0) is 12.8 Å². The number of carbonyl (C=O) groups excluding carboxylic acids is 1. The summed E-state index contributed by atoms with van der Waals surface area (Å²) in [5.41, 5.74) is 0. The van der Waals surface area contributed by atoms with Crippen molar-refractivity contribution in [2.24, 2.45) is 0 Å². The van der Waals surface area contributed by atoms with E-state index in [4.69, 9.17) is 5.26 Å². The topological polar surface area (TPSA) is 56.1 Å². The molecule has 1 N–H and O–H groups in total. The van der Waals surface area contributed by atoms with E-state index in [1.807, 2.05) is 18.7 Å². The summed E-state index contributed by atoms with van der Waals surface area (Å²) in [6, 6.07) is 2.81. The summed E-state index contributed by atoms with van der Waals surface area (Å²) >= 11 is 0. The van der Waals surface area contributed by atoms with Crippen molar-refractivity contribution in [1.82, 2.24) is 10.2 Å². The Balaban J connectivity index is 2.34. The summed E-state index contributed by atoms with van der Waals surface area (Å²) in [6.07, 6.45) is 2.63. The SMILES string of the molecule is CC(C)NCC(=O)N(CCC#N)C1CC1. The van der Waals surface area contributed by atoms with Crippen LogP contribution in [-0.2, 0) is 4.79 Å². The Kier molecular flexibility index (Phi) is 4.57. The minimum absolute atomic E-state index is 0.126. The van der Waals surface area contributed by atoms with Crippen LogP contribution in [0.1, 0.15) is 33.1 Å². The number of nitriles is 1. The zero-order chi connectivity index (χ0) is 11.3. The number of hydrogen-bond acceptors (Lipinski definition) is 3. The second-order valence-corrected chi connectivity index (χ2v) is 4.26. The summed E-state index contributed by atoms with van der Waals surface area (Å²) in [5.74, 6) is 0.126. The van der Waals surface area contributed by atoms with Crippen LogP contribution in [0.2, 0.25) is 0 Å². The fourth-order valence-electron chi connectivity index (χ4n) is 1.46. The van der Waals surface area contributed by atoms with Crippen LogP contribution in [0.4, 0.5) is 0 Å². The fourth-order valence-corrected chi connectivity index (χ4v) is 1.46. The van der Waals surface area contributed by atoms with Gasteiger partial charge < -0.3 is 10.2 Å². The molecular formula is C11H19N3O. The summed E-state index contributed by atoms with van der Waals surface area (Å²) in [6.45, 7) is 5.01. The highest BCUT2D eigenvalue weighted by Crippen LogP contribution is 2.26. The van der Waals surface area contributed by atoms with Gasteiger partial charge in [0.1, 0.15) is 0 Å². The van der Waals surface area contributed by atoms with Crippen molar-refractivity contribution in [1.29, 1.82) is 5.26 Å². The van der Waals surface area contributed by atoms with E-state index in [0.29, 0.717) is 31.6 Å². The first-order chi connectivity index (χ1) is 7.15. The predicted octanol–water partition coefficient (Wildman–Crippen LogP) is 0.889. The number of rotatable bonds is 6. The van der Waals surface area contributed by atoms with E-state index in [2.05, 4.69) is 11.4 Å². The highest BCUT2D eigenvalue weighted by molar-refractivity contribution is 5.79. The van der Waals surface area contributed by atoms with Gasteiger partial charge in [-0.1, -0.05) is 13.8 Å². The second kappa shape index (κ2) is 5.72. The van der Waals surface area contributed by atoms with Gasteiger partial charge in [0.15, 0.2) is 0 Å². The van der Waals surface area contributed by atoms with E-state index in [-0.39, 0.29) is 5.91 Å². The largest absolute Gasteiger partial charge is 0.338 e. The highest BCUT2D eigenvalue weighted by atomic mass is 16.2. The molecule has 0 spiro atoms. The van der Waals surface area contributed by atoms with Crippen molar-refractivity contribution >= 4 is 5.91 Å². The molecule has 1 saturated carbocycles. The van der Waals surface area contributed by atoms with Crippen molar-refractivity contribution in [3.63, 3.8) is 0 Å². The molecule has 0 atom stereocenters. The average molecular weight is 209 g/mol. The minimum atomic E-state index is 0.126. The van der Waals surface area contributed by atoms with Crippen molar-refractivity contribution < 1.29 is 4.79 Å². The zero-order valence-corrected chi connectivity index (χ0v) is 9.49. The third-order valence-corrected chi connectivity index (χ3v) is 2.43. The van der Waals surface area contributed by atoms with Crippen LogP contribution in [0.5, 0.6) is 0 Å². The standard InChI is InChI=1S/C11H19N3O/c1-9(2)13-8-11(15)14(7-3-6-12)10-4-5-10/h9-10,13H,3-5,7-8H2,1-2H3. The van der Waals surface area contributed by atoms with Crippen LogP contribution in [0.3, 0.4) is 0 Å². The predicted molar refractivity (Wildman–Crippen MR) is 58.1 cm³/mol. The molecule has 0 aromatic heterocycles. The monoisotopic (exact) mass is 209 g/mol. The van der Waals surface area contributed by atoms with Crippen LogP contribution >= 0.6 is 0 Å². The van der Waals surface area contributed by atoms with Gasteiger partial charge in [-0.3, -0.25) is 4.79 Å². The smallest absolute Gasteiger partial charge is 0.236 e. The molecule has 4 nitrogen and oxygen atoms in total. The third-order valence-electron chi connectivity index (χ3n) is 2.43. The maximum absolute atomic E-state index is 11.8. The average Bonchev–Trinajstić information content (AvgIpc) is 2.99. The molecule has 1 amide bonds. The van der Waals surface area contributed by atoms with E-state index in [0.717, 1.165) is 12.8 Å². The molecule has 0 saturated heterocycles. The van der Waals surface area contributed by atoms with E-state index in [1.165, 1.54) is 0 Å². The van der Waals surface area contributed by atoms with Crippen LogP contribution in [0.15, 0.2) is 0 Å². The van der Waals surface area contributed by atoms with E-state index in [1.54, 1.807) is 0 Å². The van der Waals surface area contributed by atoms with Crippen LogP contribution < -0.4 is 5.32 Å². The quantitative estimate of drug-likeness (QED) is 0.706. The minimum Gasteiger partial charge on any atom is -0.338 e. The molecule has 84 valence electrons. The Labute approximate surface area is 91.2 Å². The Hall–Kier alpha value is -1.08. The van der Waals surface area contributed by atoms with E-state index >= 15 is 0 Å². The van der Waals surface area contributed by atoms with Gasteiger partial charge in [0.05, 0.1) is 19.0 Å². The zero-order valence-electron chi connectivity index (χ0n) is 9.49. The summed E-state index contributed by atoms with van der Waals surface area (Å²) in [4.78, 5) is 13.6. The maximum Gasteiger partial charge on any atom is 0.236 e. The fraction of sp³-hybridized carbons (Fsp3) is 0.818. The Bertz CT molecular complexity index is 253. The third kappa shape index (κ3) is 4.30. The molecule has 0 aromatic carbocycles. The molecule has 4 heteroatoms. The Morgan fingerprint density at radius 2 is 2.27 bits per heavy atom. The summed E-state index contributed by atoms with van der Waals surface area (Å²) in [7, 11) is 0. The molecule has 1 rings (SSSR count). The normalized spacial score (nSPS) is 15.1. The number of nitrogens with zero attached hydrogens (tertiary/aromatic N) is 2. The van der Waals surface area contributed by atoms with Gasteiger partial charge in [0, 0.05) is 18.6 Å². The van der Waals surface area contributed by atoms with Crippen LogP contribution in [0, 0.1) is 11.3 Å². The molecule has 0 radical (unpaired) electrons. The van der Waals surface area contributed by atoms with Crippen LogP contribution in [0.25, 0.3) is 0 Å². The molecule has 0 unspecified atom stereocenters. The molecule has 1 fully saturated rings. The van der Waals surface area contributed by atoms with Crippen molar-refractivity contribution in [3.05, 3.63) is 0 Å². The summed E-state index contributed by atoms with van der Waals surface area (Å²) < 4.78 is 0. The molecular weight excluding hydrogens is 190 g/mol.